The number of hydrogen-bond donors (Lipinski definition) is 2. The number of fused-ring (bicyclic) bond motifs is 1. The number of carbonyl (C=O) groups excluding carboxylic acids is 1. The van der Waals surface area contributed by atoms with Crippen molar-refractivity contribution in [2.45, 2.75) is 0 Å². The molecule has 0 aliphatic carbocycles. The molecule has 94 valence electrons. The minimum Gasteiger partial charge on any atom is -0.398 e. The fraction of sp³-hybridized carbons (Fsp3) is 0. The second-order valence-electron chi connectivity index (χ2n) is 4.14. The molecule has 0 saturated heterocycles. The lowest BCUT2D eigenvalue weighted by atomic mass is 10.0. The zero-order valence-corrected chi connectivity index (χ0v) is 11.4. The zero-order valence-electron chi connectivity index (χ0n) is 9.85. The molecule has 3 N–H and O–H groups in total. The predicted octanol–water partition coefficient (Wildman–Crippen LogP) is 3.14. The van der Waals surface area contributed by atoms with Crippen molar-refractivity contribution in [3.63, 3.8) is 0 Å². The van der Waals surface area contributed by atoms with E-state index in [1.807, 2.05) is 6.07 Å². The number of aromatic nitrogens is 2. The number of pyridine rings is 1. The number of halogens is 1. The monoisotopic (exact) mass is 315 g/mol. The van der Waals surface area contributed by atoms with Gasteiger partial charge in [-0.15, -0.1) is 0 Å². The Hall–Kier alpha value is -2.14. The Morgan fingerprint density at radius 2 is 2.05 bits per heavy atom. The van der Waals surface area contributed by atoms with Crippen molar-refractivity contribution in [1.29, 1.82) is 0 Å². The molecule has 1 aromatic carbocycles. The topological polar surface area (TPSA) is 71.8 Å². The van der Waals surface area contributed by atoms with Gasteiger partial charge in [0.25, 0.3) is 0 Å². The molecule has 0 bridgehead atoms. The number of nitrogen functional groups attached to an aromatic ring is 1. The number of rotatable bonds is 2. The number of H-pyrrole nitrogens is 1. The van der Waals surface area contributed by atoms with E-state index in [-0.39, 0.29) is 5.78 Å². The van der Waals surface area contributed by atoms with Gasteiger partial charge < -0.3 is 10.7 Å². The number of nitrogens with two attached hydrogens (primary N) is 1. The molecule has 0 spiro atoms. The lowest BCUT2D eigenvalue weighted by molar-refractivity contribution is 0.103. The number of anilines is 1. The summed E-state index contributed by atoms with van der Waals surface area (Å²) in [6, 6.07) is 8.93. The van der Waals surface area contributed by atoms with Crippen LogP contribution in [0.3, 0.4) is 0 Å². The summed E-state index contributed by atoms with van der Waals surface area (Å²) in [5.74, 6) is -0.0848. The summed E-state index contributed by atoms with van der Waals surface area (Å²) in [6.45, 7) is 0. The molecular formula is C14H10BrN3O. The maximum Gasteiger partial charge on any atom is 0.196 e. The molecule has 0 radical (unpaired) electrons. The summed E-state index contributed by atoms with van der Waals surface area (Å²) in [7, 11) is 0. The molecular weight excluding hydrogens is 306 g/mol. The smallest absolute Gasteiger partial charge is 0.196 e. The number of ketones is 1. The largest absolute Gasteiger partial charge is 0.398 e. The maximum atomic E-state index is 12.6. The van der Waals surface area contributed by atoms with Gasteiger partial charge in [-0.25, -0.2) is 4.98 Å². The summed E-state index contributed by atoms with van der Waals surface area (Å²) in [5.41, 5.74) is 8.19. The van der Waals surface area contributed by atoms with Gasteiger partial charge in [-0.1, -0.05) is 6.07 Å². The Morgan fingerprint density at radius 3 is 2.89 bits per heavy atom. The second kappa shape index (κ2) is 4.51. The third kappa shape index (κ3) is 1.92. The fourth-order valence-electron chi connectivity index (χ4n) is 2.01. The summed E-state index contributed by atoms with van der Waals surface area (Å²) in [6.07, 6.45) is 3.36. The molecule has 0 saturated carbocycles. The average Bonchev–Trinajstić information content (AvgIpc) is 2.85. The minimum absolute atomic E-state index is 0.0848. The molecule has 3 aromatic rings. The lowest BCUT2D eigenvalue weighted by Gasteiger charge is -2.05. The van der Waals surface area contributed by atoms with Crippen LogP contribution in [0.2, 0.25) is 0 Å². The molecule has 5 heteroatoms. The van der Waals surface area contributed by atoms with Crippen LogP contribution in [0.25, 0.3) is 11.0 Å². The van der Waals surface area contributed by atoms with Crippen LogP contribution in [0.4, 0.5) is 5.69 Å². The van der Waals surface area contributed by atoms with Crippen molar-refractivity contribution < 1.29 is 4.79 Å². The van der Waals surface area contributed by atoms with Crippen LogP contribution in [0.1, 0.15) is 15.9 Å². The van der Waals surface area contributed by atoms with Gasteiger partial charge in [0.2, 0.25) is 0 Å². The molecule has 19 heavy (non-hydrogen) atoms. The molecule has 4 nitrogen and oxygen atoms in total. The first-order chi connectivity index (χ1) is 9.18. The van der Waals surface area contributed by atoms with E-state index in [1.165, 1.54) is 0 Å². The molecule has 0 fully saturated rings. The van der Waals surface area contributed by atoms with E-state index in [2.05, 4.69) is 25.9 Å². The van der Waals surface area contributed by atoms with Gasteiger partial charge in [-0.05, 0) is 40.2 Å². The van der Waals surface area contributed by atoms with Gasteiger partial charge in [0.1, 0.15) is 5.65 Å². The van der Waals surface area contributed by atoms with Crippen molar-refractivity contribution in [1.82, 2.24) is 9.97 Å². The van der Waals surface area contributed by atoms with Crippen molar-refractivity contribution in [3.8, 4) is 0 Å². The highest BCUT2D eigenvalue weighted by molar-refractivity contribution is 9.10. The van der Waals surface area contributed by atoms with E-state index in [1.54, 1.807) is 36.7 Å². The number of aromatic amines is 1. The highest BCUT2D eigenvalue weighted by atomic mass is 79.9. The standard InChI is InChI=1S/C14H10BrN3O/c15-12-9(3-1-5-11(12)16)13(19)10-7-18-14-8(10)4-2-6-17-14/h1-7H,16H2,(H,17,18). The Kier molecular flexibility index (Phi) is 2.83. The van der Waals surface area contributed by atoms with Crippen molar-refractivity contribution >= 4 is 38.4 Å². The van der Waals surface area contributed by atoms with Crippen molar-refractivity contribution in [2.75, 3.05) is 5.73 Å². The van der Waals surface area contributed by atoms with Crippen LogP contribution in [0.15, 0.2) is 47.2 Å². The van der Waals surface area contributed by atoms with Crippen LogP contribution >= 0.6 is 15.9 Å². The van der Waals surface area contributed by atoms with Crippen LogP contribution < -0.4 is 5.73 Å². The van der Waals surface area contributed by atoms with Crippen LogP contribution in [0.5, 0.6) is 0 Å². The molecule has 3 rings (SSSR count). The number of benzene rings is 1. The highest BCUT2D eigenvalue weighted by Crippen LogP contribution is 2.27. The quantitative estimate of drug-likeness (QED) is 0.563. The highest BCUT2D eigenvalue weighted by Gasteiger charge is 2.17. The predicted molar refractivity (Wildman–Crippen MR) is 78.1 cm³/mol. The molecule has 0 amide bonds. The lowest BCUT2D eigenvalue weighted by Crippen LogP contribution is -2.03. The molecule has 2 aromatic heterocycles. The van der Waals surface area contributed by atoms with E-state index in [0.717, 1.165) is 5.39 Å². The fourth-order valence-corrected chi connectivity index (χ4v) is 2.46. The van der Waals surface area contributed by atoms with Crippen LogP contribution in [-0.4, -0.2) is 15.8 Å². The number of nitrogens with one attached hydrogen (secondary N) is 1. The Labute approximate surface area is 117 Å². The summed E-state index contributed by atoms with van der Waals surface area (Å²) in [4.78, 5) is 19.7. The number of hydrogen-bond acceptors (Lipinski definition) is 3. The Morgan fingerprint density at radius 1 is 1.21 bits per heavy atom. The third-order valence-corrected chi connectivity index (χ3v) is 3.85. The molecule has 0 aliphatic heterocycles. The third-order valence-electron chi connectivity index (χ3n) is 2.97. The first-order valence-corrected chi connectivity index (χ1v) is 6.48. The van der Waals surface area contributed by atoms with Gasteiger partial charge >= 0.3 is 0 Å². The number of carbonyl (C=O) groups is 1. The summed E-state index contributed by atoms with van der Waals surface area (Å²) >= 11 is 3.36. The molecule has 2 heterocycles. The van der Waals surface area contributed by atoms with Crippen LogP contribution in [-0.2, 0) is 0 Å². The molecule has 0 aliphatic rings. The maximum absolute atomic E-state index is 12.6. The van der Waals surface area contributed by atoms with Crippen molar-refractivity contribution in [3.05, 3.63) is 58.3 Å². The first-order valence-electron chi connectivity index (χ1n) is 5.69. The van der Waals surface area contributed by atoms with Gasteiger partial charge in [-0.2, -0.15) is 0 Å². The van der Waals surface area contributed by atoms with Gasteiger partial charge in [0, 0.05) is 34.6 Å². The molecule has 0 unspecified atom stereocenters. The van der Waals surface area contributed by atoms with E-state index in [0.29, 0.717) is 26.9 Å². The normalized spacial score (nSPS) is 10.8. The van der Waals surface area contributed by atoms with Gasteiger partial charge in [0.05, 0.1) is 4.47 Å². The Bertz CT molecular complexity index is 779. The zero-order chi connectivity index (χ0) is 13.4. The summed E-state index contributed by atoms with van der Waals surface area (Å²) in [5, 5.41) is 0.807. The SMILES string of the molecule is Nc1cccc(C(=O)c2c[nH]c3ncccc23)c1Br. The average molecular weight is 316 g/mol. The molecule has 0 atom stereocenters. The first kappa shape index (κ1) is 11.9. The van der Waals surface area contributed by atoms with E-state index < -0.39 is 0 Å². The van der Waals surface area contributed by atoms with E-state index in [9.17, 15) is 4.79 Å². The van der Waals surface area contributed by atoms with Crippen LogP contribution in [0, 0.1) is 0 Å². The minimum atomic E-state index is -0.0848. The second-order valence-corrected chi connectivity index (χ2v) is 4.93. The van der Waals surface area contributed by atoms with E-state index >= 15 is 0 Å². The van der Waals surface area contributed by atoms with E-state index in [4.69, 9.17) is 5.73 Å². The summed E-state index contributed by atoms with van der Waals surface area (Å²) < 4.78 is 0.623. The van der Waals surface area contributed by atoms with Gasteiger partial charge in [0.15, 0.2) is 5.78 Å². The van der Waals surface area contributed by atoms with Crippen molar-refractivity contribution in [2.24, 2.45) is 0 Å². The van der Waals surface area contributed by atoms with Gasteiger partial charge in [-0.3, -0.25) is 4.79 Å². The number of nitrogens with zero attached hydrogens (tertiary/aromatic N) is 1. The Balaban J connectivity index is 2.17.